The van der Waals surface area contributed by atoms with E-state index in [-0.39, 0.29) is 17.9 Å². The van der Waals surface area contributed by atoms with Gasteiger partial charge in [0.2, 0.25) is 5.91 Å². The van der Waals surface area contributed by atoms with Crippen molar-refractivity contribution >= 4 is 23.4 Å². The summed E-state index contributed by atoms with van der Waals surface area (Å²) in [5.41, 5.74) is 6.88. The number of carbonyl (C=O) groups excluding carboxylic acids is 2. The molecule has 2 aliphatic heterocycles. The number of pyridine rings is 1. The lowest BCUT2D eigenvalue weighted by atomic mass is 9.98. The Bertz CT molecular complexity index is 627. The molecule has 0 unspecified atom stereocenters. The van der Waals surface area contributed by atoms with E-state index in [9.17, 15) is 9.59 Å². The number of rotatable bonds is 3. The quantitative estimate of drug-likeness (QED) is 0.882. The number of anilines is 2. The Balaban J connectivity index is 1.64. The number of piperidine rings is 1. The standard InChI is InChI=1S/C17H25N5O2/c1-12-14(6-7-15(19-12)21-8-2-3-9-21)20-17(24)22-10-4-5-13(11-22)16(18)23/h6-7,13H,2-5,8-11H2,1H3,(H2,18,23)(H,20,24)/t13-/m0/s1. The number of amides is 3. The first-order valence-corrected chi connectivity index (χ1v) is 8.62. The maximum Gasteiger partial charge on any atom is 0.321 e. The van der Waals surface area contributed by atoms with Crippen LogP contribution in [0.3, 0.4) is 0 Å². The van der Waals surface area contributed by atoms with Crippen LogP contribution in [0.25, 0.3) is 0 Å². The van der Waals surface area contributed by atoms with Crippen molar-refractivity contribution in [3.63, 3.8) is 0 Å². The van der Waals surface area contributed by atoms with Crippen LogP contribution in [-0.4, -0.2) is 48.0 Å². The van der Waals surface area contributed by atoms with Gasteiger partial charge >= 0.3 is 6.03 Å². The third-order valence-electron chi connectivity index (χ3n) is 4.85. The highest BCUT2D eigenvalue weighted by Gasteiger charge is 2.27. The Morgan fingerprint density at radius 1 is 1.21 bits per heavy atom. The zero-order valence-electron chi connectivity index (χ0n) is 14.1. The lowest BCUT2D eigenvalue weighted by molar-refractivity contribution is -0.123. The summed E-state index contributed by atoms with van der Waals surface area (Å²) in [5, 5.41) is 2.91. The summed E-state index contributed by atoms with van der Waals surface area (Å²) in [4.78, 5) is 32.3. The third kappa shape index (κ3) is 3.60. The number of nitrogens with zero attached hydrogens (tertiary/aromatic N) is 3. The number of urea groups is 1. The predicted molar refractivity (Wildman–Crippen MR) is 92.9 cm³/mol. The number of likely N-dealkylation sites (tertiary alicyclic amines) is 1. The van der Waals surface area contributed by atoms with Crippen molar-refractivity contribution in [3.05, 3.63) is 17.8 Å². The summed E-state index contributed by atoms with van der Waals surface area (Å²) in [6.07, 6.45) is 3.96. The number of nitrogens with one attached hydrogen (secondary N) is 1. The van der Waals surface area contributed by atoms with Crippen molar-refractivity contribution in [2.75, 3.05) is 36.4 Å². The monoisotopic (exact) mass is 331 g/mol. The summed E-state index contributed by atoms with van der Waals surface area (Å²) >= 11 is 0. The molecule has 1 atom stereocenters. The zero-order valence-corrected chi connectivity index (χ0v) is 14.1. The Kier molecular flexibility index (Phi) is 4.87. The molecule has 2 aliphatic rings. The van der Waals surface area contributed by atoms with E-state index in [1.54, 1.807) is 4.90 Å². The topological polar surface area (TPSA) is 91.6 Å². The molecular weight excluding hydrogens is 306 g/mol. The van der Waals surface area contributed by atoms with Gasteiger partial charge in [0.05, 0.1) is 17.3 Å². The minimum absolute atomic E-state index is 0.195. The second-order valence-electron chi connectivity index (χ2n) is 6.61. The molecule has 2 fully saturated rings. The fraction of sp³-hybridized carbons (Fsp3) is 0.588. The molecule has 3 amide bonds. The van der Waals surface area contributed by atoms with Crippen LogP contribution < -0.4 is 16.0 Å². The number of hydrogen-bond donors (Lipinski definition) is 2. The van der Waals surface area contributed by atoms with Gasteiger partial charge in [0.1, 0.15) is 5.82 Å². The van der Waals surface area contributed by atoms with Gasteiger partial charge in [-0.15, -0.1) is 0 Å². The maximum absolute atomic E-state index is 12.5. The minimum Gasteiger partial charge on any atom is -0.369 e. The Morgan fingerprint density at radius 3 is 2.62 bits per heavy atom. The van der Waals surface area contributed by atoms with Gasteiger partial charge in [-0.25, -0.2) is 9.78 Å². The van der Waals surface area contributed by atoms with Crippen LogP contribution in [-0.2, 0) is 4.79 Å². The predicted octanol–water partition coefficient (Wildman–Crippen LogP) is 1.72. The van der Waals surface area contributed by atoms with Crippen molar-refractivity contribution in [1.82, 2.24) is 9.88 Å². The van der Waals surface area contributed by atoms with Crippen LogP contribution in [0.5, 0.6) is 0 Å². The highest BCUT2D eigenvalue weighted by Crippen LogP contribution is 2.23. The van der Waals surface area contributed by atoms with E-state index in [2.05, 4.69) is 15.2 Å². The molecule has 3 rings (SSSR count). The SMILES string of the molecule is Cc1nc(N2CCCC2)ccc1NC(=O)N1CCC[C@H](C(N)=O)C1. The highest BCUT2D eigenvalue weighted by molar-refractivity contribution is 5.90. The van der Waals surface area contributed by atoms with Gasteiger partial charge in [0.25, 0.3) is 0 Å². The van der Waals surface area contributed by atoms with Crippen LogP contribution in [0.4, 0.5) is 16.3 Å². The summed E-state index contributed by atoms with van der Waals surface area (Å²) in [6.45, 7) is 5.02. The first-order valence-electron chi connectivity index (χ1n) is 8.62. The fourth-order valence-electron chi connectivity index (χ4n) is 3.39. The Labute approximate surface area is 142 Å². The van der Waals surface area contributed by atoms with E-state index < -0.39 is 0 Å². The normalized spacial score (nSPS) is 21.0. The van der Waals surface area contributed by atoms with Crippen LogP contribution in [0.2, 0.25) is 0 Å². The molecule has 0 aliphatic carbocycles. The molecule has 3 N–H and O–H groups in total. The zero-order chi connectivity index (χ0) is 17.1. The average molecular weight is 331 g/mol. The van der Waals surface area contributed by atoms with Gasteiger partial charge in [-0.05, 0) is 44.7 Å². The molecule has 1 aromatic heterocycles. The van der Waals surface area contributed by atoms with E-state index in [4.69, 9.17) is 5.73 Å². The van der Waals surface area contributed by atoms with Gasteiger partial charge in [0, 0.05) is 26.2 Å². The van der Waals surface area contributed by atoms with Gasteiger partial charge in [0.15, 0.2) is 0 Å². The second kappa shape index (κ2) is 7.07. The summed E-state index contributed by atoms with van der Waals surface area (Å²) < 4.78 is 0. The van der Waals surface area contributed by atoms with E-state index in [0.29, 0.717) is 18.8 Å². The molecule has 0 aromatic carbocycles. The van der Waals surface area contributed by atoms with Crippen molar-refractivity contribution in [3.8, 4) is 0 Å². The summed E-state index contributed by atoms with van der Waals surface area (Å²) in [7, 11) is 0. The van der Waals surface area contributed by atoms with Gasteiger partial charge in [-0.3, -0.25) is 4.79 Å². The first-order chi connectivity index (χ1) is 11.5. The lowest BCUT2D eigenvalue weighted by Crippen LogP contribution is -2.45. The minimum atomic E-state index is -0.333. The third-order valence-corrected chi connectivity index (χ3v) is 4.85. The molecule has 24 heavy (non-hydrogen) atoms. The van der Waals surface area contributed by atoms with Gasteiger partial charge < -0.3 is 20.9 Å². The average Bonchev–Trinajstić information content (AvgIpc) is 3.11. The summed E-state index contributed by atoms with van der Waals surface area (Å²) in [6, 6.07) is 3.67. The Morgan fingerprint density at radius 2 is 1.96 bits per heavy atom. The number of nitrogens with two attached hydrogens (primary N) is 1. The molecule has 0 saturated carbocycles. The number of hydrogen-bond acceptors (Lipinski definition) is 4. The van der Waals surface area contributed by atoms with Crippen molar-refractivity contribution in [1.29, 1.82) is 0 Å². The van der Waals surface area contributed by atoms with E-state index in [1.807, 2.05) is 19.1 Å². The smallest absolute Gasteiger partial charge is 0.321 e. The van der Waals surface area contributed by atoms with Gasteiger partial charge in [-0.2, -0.15) is 0 Å². The van der Waals surface area contributed by atoms with Crippen LogP contribution in [0, 0.1) is 12.8 Å². The van der Waals surface area contributed by atoms with E-state index in [1.165, 1.54) is 12.8 Å². The van der Waals surface area contributed by atoms with E-state index in [0.717, 1.165) is 37.4 Å². The Hall–Kier alpha value is -2.31. The van der Waals surface area contributed by atoms with Crippen LogP contribution >= 0.6 is 0 Å². The van der Waals surface area contributed by atoms with Crippen molar-refractivity contribution in [2.24, 2.45) is 11.7 Å². The molecule has 0 radical (unpaired) electrons. The number of primary amides is 1. The number of aryl methyl sites for hydroxylation is 1. The highest BCUT2D eigenvalue weighted by atomic mass is 16.2. The number of aromatic nitrogens is 1. The molecule has 7 nitrogen and oxygen atoms in total. The molecule has 0 bridgehead atoms. The van der Waals surface area contributed by atoms with Crippen molar-refractivity contribution < 1.29 is 9.59 Å². The first kappa shape index (κ1) is 16.5. The molecule has 1 aromatic rings. The molecular formula is C17H25N5O2. The van der Waals surface area contributed by atoms with Crippen LogP contribution in [0.15, 0.2) is 12.1 Å². The number of carbonyl (C=O) groups is 2. The second-order valence-corrected chi connectivity index (χ2v) is 6.61. The van der Waals surface area contributed by atoms with Gasteiger partial charge in [-0.1, -0.05) is 0 Å². The van der Waals surface area contributed by atoms with Crippen molar-refractivity contribution in [2.45, 2.75) is 32.6 Å². The fourth-order valence-corrected chi connectivity index (χ4v) is 3.39. The molecule has 2 saturated heterocycles. The molecule has 0 spiro atoms. The van der Waals surface area contributed by atoms with E-state index >= 15 is 0 Å². The molecule has 130 valence electrons. The largest absolute Gasteiger partial charge is 0.369 e. The van der Waals surface area contributed by atoms with Crippen LogP contribution in [0.1, 0.15) is 31.4 Å². The summed E-state index contributed by atoms with van der Waals surface area (Å²) in [5.74, 6) is 0.386. The molecule has 7 heteroatoms. The lowest BCUT2D eigenvalue weighted by Gasteiger charge is -2.31. The maximum atomic E-state index is 12.5. The molecule has 3 heterocycles.